The van der Waals surface area contributed by atoms with Crippen LogP contribution in [0, 0.1) is 40.6 Å². The van der Waals surface area contributed by atoms with E-state index in [1.807, 2.05) is 83.4 Å². The van der Waals surface area contributed by atoms with Gasteiger partial charge in [0.05, 0.1) is 46.6 Å². The maximum absolute atomic E-state index is 11.1. The molecule has 1 heterocycles. The van der Waals surface area contributed by atoms with Crippen LogP contribution >= 0.6 is 0 Å². The third-order valence-corrected chi connectivity index (χ3v) is 10.1. The Morgan fingerprint density at radius 3 is 1.45 bits per heavy atom. The Morgan fingerprint density at radius 1 is 0.453 bits per heavy atom. The second-order valence-electron chi connectivity index (χ2n) is 12.9. The summed E-state index contributed by atoms with van der Waals surface area (Å²) in [7, 11) is 0. The van der Waals surface area contributed by atoms with Gasteiger partial charge >= 0.3 is 0 Å². The first-order valence-electron chi connectivity index (χ1n) is 17.1. The van der Waals surface area contributed by atoms with Gasteiger partial charge in [-0.25, -0.2) is 4.85 Å². The number of benzene rings is 8. The van der Waals surface area contributed by atoms with Crippen molar-refractivity contribution < 1.29 is 0 Å². The van der Waals surface area contributed by atoms with Crippen molar-refractivity contribution in [3.8, 4) is 57.3 Å². The second kappa shape index (κ2) is 12.4. The predicted octanol–water partition coefficient (Wildman–Crippen LogP) is 12.3. The molecule has 0 unspecified atom stereocenters. The smallest absolute Gasteiger partial charge is 0.196 e. The van der Waals surface area contributed by atoms with Crippen LogP contribution in [0.5, 0.6) is 0 Å². The highest BCUT2D eigenvalue weighted by Gasteiger charge is 2.26. The van der Waals surface area contributed by atoms with Gasteiger partial charge in [-0.15, -0.1) is 0 Å². The quantitative estimate of drug-likeness (QED) is 0.138. The van der Waals surface area contributed by atoms with Crippen LogP contribution in [-0.2, 0) is 0 Å². The summed E-state index contributed by atoms with van der Waals surface area (Å²) < 4.78 is 2.04. The van der Waals surface area contributed by atoms with Crippen LogP contribution in [0.3, 0.4) is 0 Å². The Morgan fingerprint density at radius 2 is 0.925 bits per heavy atom. The number of nitriles is 3. The molecule has 0 radical (unpaired) electrons. The molecule has 0 fully saturated rings. The van der Waals surface area contributed by atoms with Gasteiger partial charge in [0.15, 0.2) is 5.69 Å². The van der Waals surface area contributed by atoms with Gasteiger partial charge in [0.1, 0.15) is 6.07 Å². The zero-order chi connectivity index (χ0) is 36.1. The number of hydrogen-bond donors (Lipinski definition) is 0. The van der Waals surface area contributed by atoms with Crippen LogP contribution in [0.2, 0.25) is 0 Å². The van der Waals surface area contributed by atoms with Crippen LogP contribution < -0.4 is 0 Å². The zero-order valence-electron chi connectivity index (χ0n) is 28.2. The van der Waals surface area contributed by atoms with E-state index in [4.69, 9.17) is 6.57 Å². The number of nitrogens with zero attached hydrogens (tertiary/aromatic N) is 5. The summed E-state index contributed by atoms with van der Waals surface area (Å²) in [5, 5.41) is 37.8. The average molecular weight is 672 g/mol. The normalized spacial score (nSPS) is 10.9. The van der Waals surface area contributed by atoms with E-state index in [-0.39, 0.29) is 11.3 Å². The molecular formula is C48H25N5. The molecule has 0 spiro atoms. The van der Waals surface area contributed by atoms with Gasteiger partial charge < -0.3 is 4.57 Å². The predicted molar refractivity (Wildman–Crippen MR) is 213 cm³/mol. The molecule has 242 valence electrons. The summed E-state index contributed by atoms with van der Waals surface area (Å²) in [4.78, 5) is 4.03. The Bertz CT molecular complexity index is 3050. The van der Waals surface area contributed by atoms with E-state index < -0.39 is 0 Å². The van der Waals surface area contributed by atoms with Crippen LogP contribution in [0.1, 0.15) is 16.7 Å². The van der Waals surface area contributed by atoms with Crippen LogP contribution in [0.4, 0.5) is 5.69 Å². The molecule has 0 atom stereocenters. The van der Waals surface area contributed by atoms with E-state index in [0.29, 0.717) is 33.5 Å². The van der Waals surface area contributed by atoms with E-state index in [2.05, 4.69) is 71.6 Å². The third-order valence-electron chi connectivity index (χ3n) is 10.1. The van der Waals surface area contributed by atoms with Gasteiger partial charge in [-0.3, -0.25) is 0 Å². The average Bonchev–Trinajstić information content (AvgIpc) is 3.56. The first kappa shape index (κ1) is 31.1. The van der Waals surface area contributed by atoms with E-state index in [1.54, 1.807) is 24.3 Å². The maximum Gasteiger partial charge on any atom is 0.196 e. The van der Waals surface area contributed by atoms with E-state index in [1.165, 1.54) is 0 Å². The molecule has 8 aromatic carbocycles. The number of rotatable bonds is 4. The zero-order valence-corrected chi connectivity index (χ0v) is 28.2. The molecule has 0 aliphatic rings. The largest absolute Gasteiger partial charge is 0.308 e. The van der Waals surface area contributed by atoms with Crippen molar-refractivity contribution in [1.29, 1.82) is 15.8 Å². The van der Waals surface area contributed by atoms with E-state index >= 15 is 0 Å². The van der Waals surface area contributed by atoms with E-state index in [0.717, 1.165) is 60.0 Å². The van der Waals surface area contributed by atoms with Gasteiger partial charge in [0.2, 0.25) is 0 Å². The number of para-hydroxylation sites is 2. The monoisotopic (exact) mass is 671 g/mol. The number of hydrogen-bond acceptors (Lipinski definition) is 3. The molecule has 0 saturated heterocycles. The minimum atomic E-state index is 0.284. The lowest BCUT2D eigenvalue weighted by Gasteiger charge is -2.22. The molecule has 0 bridgehead atoms. The molecule has 0 N–H and O–H groups in total. The summed E-state index contributed by atoms with van der Waals surface area (Å²) in [6.07, 6.45) is 0. The van der Waals surface area contributed by atoms with Crippen molar-refractivity contribution in [2.45, 2.75) is 0 Å². The highest BCUT2D eigenvalue weighted by atomic mass is 15.0. The Kier molecular flexibility index (Phi) is 7.28. The van der Waals surface area contributed by atoms with Crippen molar-refractivity contribution in [3.63, 3.8) is 0 Å². The molecular weight excluding hydrogens is 647 g/mol. The van der Waals surface area contributed by atoms with Crippen molar-refractivity contribution in [1.82, 2.24) is 4.57 Å². The summed E-state index contributed by atoms with van der Waals surface area (Å²) in [5.41, 5.74) is 8.18. The molecule has 9 aromatic rings. The number of aromatic nitrogens is 1. The molecule has 0 aliphatic heterocycles. The van der Waals surface area contributed by atoms with Gasteiger partial charge in [0, 0.05) is 21.9 Å². The Labute approximate surface area is 305 Å². The summed E-state index contributed by atoms with van der Waals surface area (Å²) >= 11 is 0. The molecule has 0 saturated carbocycles. The standard InChI is InChI=1S/C48H25N5/c1-52-42-25-30(27-49)24-40(48(42)47-37-19-7-5-17-35(37)46(32-13-3-2-4-14-32)36-18-6-8-20-38(36)47)39-23-31(28-50)26-45(41(39)29-51)53-43-21-11-9-15-33(43)34-16-10-12-22-44(34)53/h2-26H. The third kappa shape index (κ3) is 4.75. The van der Waals surface area contributed by atoms with Crippen LogP contribution in [0.25, 0.3) is 87.3 Å². The van der Waals surface area contributed by atoms with Crippen molar-refractivity contribution >= 4 is 49.0 Å². The molecule has 0 aliphatic carbocycles. The molecule has 1 aromatic heterocycles. The van der Waals surface area contributed by atoms with Crippen molar-refractivity contribution in [3.05, 3.63) is 180 Å². The fraction of sp³-hybridized carbons (Fsp3) is 0. The Hall–Kier alpha value is -7.96. The van der Waals surface area contributed by atoms with Gasteiger partial charge in [-0.1, -0.05) is 115 Å². The molecule has 5 heteroatoms. The van der Waals surface area contributed by atoms with Gasteiger partial charge in [-0.05, 0) is 85.8 Å². The lowest BCUT2D eigenvalue weighted by molar-refractivity contribution is 1.16. The first-order chi connectivity index (χ1) is 26.1. The topological polar surface area (TPSA) is 80.7 Å². The highest BCUT2D eigenvalue weighted by Crippen LogP contribution is 2.50. The van der Waals surface area contributed by atoms with Gasteiger partial charge in [-0.2, -0.15) is 15.8 Å². The van der Waals surface area contributed by atoms with Gasteiger partial charge in [0.25, 0.3) is 0 Å². The fourth-order valence-electron chi connectivity index (χ4n) is 7.95. The summed E-state index contributed by atoms with van der Waals surface area (Å²) in [5.74, 6) is 0. The fourth-order valence-corrected chi connectivity index (χ4v) is 7.95. The Balaban J connectivity index is 1.46. The van der Waals surface area contributed by atoms with Crippen molar-refractivity contribution in [2.75, 3.05) is 0 Å². The first-order valence-corrected chi connectivity index (χ1v) is 17.1. The van der Waals surface area contributed by atoms with Crippen molar-refractivity contribution in [2.24, 2.45) is 0 Å². The summed E-state index contributed by atoms with van der Waals surface area (Å²) in [6, 6.07) is 56.6. The minimum Gasteiger partial charge on any atom is -0.308 e. The molecule has 53 heavy (non-hydrogen) atoms. The van der Waals surface area contributed by atoms with Crippen LogP contribution in [-0.4, -0.2) is 4.57 Å². The SMILES string of the molecule is [C-]#[N+]c1cc(C#N)cc(-c2cc(C#N)cc(-n3c4ccccc4c4ccccc43)c2C#N)c1-c1c2ccccc2c(-c2ccccc2)c2ccccc12. The lowest BCUT2D eigenvalue weighted by Crippen LogP contribution is -2.02. The van der Waals surface area contributed by atoms with Crippen LogP contribution in [0.15, 0.2) is 152 Å². The highest BCUT2D eigenvalue weighted by molar-refractivity contribution is 6.24. The molecule has 9 rings (SSSR count). The molecule has 5 nitrogen and oxygen atoms in total. The second-order valence-corrected chi connectivity index (χ2v) is 12.9. The van der Waals surface area contributed by atoms with E-state index in [9.17, 15) is 15.8 Å². The maximum atomic E-state index is 11.1. The molecule has 0 amide bonds. The lowest BCUT2D eigenvalue weighted by atomic mass is 9.82. The summed E-state index contributed by atoms with van der Waals surface area (Å²) in [6.45, 7) is 8.47. The number of fused-ring (bicyclic) bond motifs is 5. The minimum absolute atomic E-state index is 0.284.